The summed E-state index contributed by atoms with van der Waals surface area (Å²) >= 11 is 6.22. The molecule has 0 spiro atoms. The third-order valence-electron chi connectivity index (χ3n) is 3.41. The van der Waals surface area contributed by atoms with Crippen molar-refractivity contribution in [2.45, 2.75) is 45.1 Å². The molecule has 1 aromatic rings. The van der Waals surface area contributed by atoms with Crippen LogP contribution in [0.15, 0.2) is 12.1 Å². The predicted molar refractivity (Wildman–Crippen MR) is 83.4 cm³/mol. The monoisotopic (exact) mass is 300 g/mol. The van der Waals surface area contributed by atoms with Crippen molar-refractivity contribution in [3.63, 3.8) is 0 Å². The first-order valence-corrected chi connectivity index (χ1v) is 7.43. The lowest BCUT2D eigenvalue weighted by atomic mass is 10.00. The first-order chi connectivity index (χ1) is 9.67. The molecule has 0 aromatic heterocycles. The molecule has 1 unspecified atom stereocenters. The van der Waals surface area contributed by atoms with Crippen molar-refractivity contribution in [1.82, 2.24) is 5.43 Å². The van der Waals surface area contributed by atoms with Crippen LogP contribution in [0.3, 0.4) is 0 Å². The highest BCUT2D eigenvalue weighted by Crippen LogP contribution is 2.38. The lowest BCUT2D eigenvalue weighted by Crippen LogP contribution is -2.28. The molecule has 114 valence electrons. The van der Waals surface area contributed by atoms with E-state index in [0.717, 1.165) is 18.4 Å². The number of unbranched alkanes of at least 4 members (excludes halogenated alkanes) is 3. The van der Waals surface area contributed by atoms with Crippen LogP contribution in [0.25, 0.3) is 0 Å². The third kappa shape index (κ3) is 4.54. The molecule has 0 aliphatic carbocycles. The Morgan fingerprint density at radius 1 is 1.20 bits per heavy atom. The highest BCUT2D eigenvalue weighted by Gasteiger charge is 2.16. The van der Waals surface area contributed by atoms with Crippen molar-refractivity contribution in [3.8, 4) is 11.5 Å². The molecule has 0 aliphatic rings. The van der Waals surface area contributed by atoms with E-state index in [0.29, 0.717) is 16.5 Å². The van der Waals surface area contributed by atoms with E-state index in [1.54, 1.807) is 14.2 Å². The Kier molecular flexibility index (Phi) is 7.73. The van der Waals surface area contributed by atoms with E-state index >= 15 is 0 Å². The van der Waals surface area contributed by atoms with Gasteiger partial charge in [0.2, 0.25) is 0 Å². The maximum absolute atomic E-state index is 6.22. The number of hydrogen-bond donors (Lipinski definition) is 2. The van der Waals surface area contributed by atoms with Gasteiger partial charge in [-0.2, -0.15) is 0 Å². The average Bonchev–Trinajstić information content (AvgIpc) is 2.46. The molecule has 3 N–H and O–H groups in total. The topological polar surface area (TPSA) is 56.5 Å². The van der Waals surface area contributed by atoms with Gasteiger partial charge in [-0.3, -0.25) is 11.3 Å². The van der Waals surface area contributed by atoms with Crippen LogP contribution < -0.4 is 20.7 Å². The van der Waals surface area contributed by atoms with Crippen LogP contribution in [-0.2, 0) is 0 Å². The van der Waals surface area contributed by atoms with E-state index in [-0.39, 0.29) is 6.04 Å². The lowest BCUT2D eigenvalue weighted by molar-refractivity contribution is 0.353. The molecule has 0 saturated carbocycles. The molecule has 0 fully saturated rings. The number of rotatable bonds is 9. The summed E-state index contributed by atoms with van der Waals surface area (Å²) in [6.07, 6.45) is 5.81. The van der Waals surface area contributed by atoms with E-state index in [9.17, 15) is 0 Å². The Morgan fingerprint density at radius 2 is 1.95 bits per heavy atom. The molecular weight excluding hydrogens is 276 g/mol. The van der Waals surface area contributed by atoms with Gasteiger partial charge in [0.15, 0.2) is 11.5 Å². The van der Waals surface area contributed by atoms with Crippen molar-refractivity contribution in [2.24, 2.45) is 5.84 Å². The lowest BCUT2D eigenvalue weighted by Gasteiger charge is -2.19. The maximum atomic E-state index is 6.22. The Balaban J connectivity index is 2.84. The summed E-state index contributed by atoms with van der Waals surface area (Å²) < 4.78 is 10.6. The third-order valence-corrected chi connectivity index (χ3v) is 3.69. The summed E-state index contributed by atoms with van der Waals surface area (Å²) in [6.45, 7) is 2.20. The number of methoxy groups -OCH3 is 2. The summed E-state index contributed by atoms with van der Waals surface area (Å²) in [5.41, 5.74) is 3.88. The molecule has 4 nitrogen and oxygen atoms in total. The first kappa shape index (κ1) is 17.1. The molecule has 0 radical (unpaired) electrons. The van der Waals surface area contributed by atoms with Crippen LogP contribution in [0.2, 0.25) is 5.02 Å². The van der Waals surface area contributed by atoms with Gasteiger partial charge in [-0.05, 0) is 24.1 Å². The highest BCUT2D eigenvalue weighted by molar-refractivity contribution is 6.32. The predicted octanol–water partition coefficient (Wildman–Crippen LogP) is 3.83. The Bertz CT molecular complexity index is 413. The Labute approximate surface area is 126 Å². The van der Waals surface area contributed by atoms with Crippen molar-refractivity contribution in [3.05, 3.63) is 22.7 Å². The fourth-order valence-corrected chi connectivity index (χ4v) is 2.56. The second kappa shape index (κ2) is 9.06. The van der Waals surface area contributed by atoms with Crippen LogP contribution in [0.1, 0.15) is 50.6 Å². The Hall–Kier alpha value is -0.970. The zero-order valence-electron chi connectivity index (χ0n) is 12.5. The number of hydrazine groups is 1. The number of nitrogens with one attached hydrogen (secondary N) is 1. The minimum absolute atomic E-state index is 0.0733. The number of benzene rings is 1. The summed E-state index contributed by atoms with van der Waals surface area (Å²) in [5, 5.41) is 0.538. The van der Waals surface area contributed by atoms with E-state index in [1.165, 1.54) is 19.3 Å². The molecule has 0 amide bonds. The van der Waals surface area contributed by atoms with Crippen molar-refractivity contribution >= 4 is 11.6 Å². The van der Waals surface area contributed by atoms with Crippen LogP contribution in [-0.4, -0.2) is 14.2 Å². The maximum Gasteiger partial charge on any atom is 0.179 e. The molecule has 1 atom stereocenters. The number of hydrogen-bond acceptors (Lipinski definition) is 4. The van der Waals surface area contributed by atoms with Gasteiger partial charge in [0.05, 0.1) is 19.2 Å². The summed E-state index contributed by atoms with van der Waals surface area (Å²) in [6, 6.07) is 3.88. The smallest absolute Gasteiger partial charge is 0.179 e. The zero-order valence-corrected chi connectivity index (χ0v) is 13.3. The summed E-state index contributed by atoms with van der Waals surface area (Å²) in [4.78, 5) is 0. The second-order valence-electron chi connectivity index (χ2n) is 4.81. The molecule has 1 rings (SSSR count). The SMILES string of the molecule is CCCCCCC(NN)c1cc(Cl)c(OC)c(OC)c1. The van der Waals surface area contributed by atoms with Gasteiger partial charge in [-0.1, -0.05) is 44.2 Å². The van der Waals surface area contributed by atoms with Crippen molar-refractivity contribution in [1.29, 1.82) is 0 Å². The molecule has 0 bridgehead atoms. The average molecular weight is 301 g/mol. The number of halogens is 1. The standard InChI is InChI=1S/C15H25ClN2O2/c1-4-5-6-7-8-13(18-17)11-9-12(16)15(20-3)14(10-11)19-2/h9-10,13,18H,4-8,17H2,1-3H3. The minimum Gasteiger partial charge on any atom is -0.493 e. The van der Waals surface area contributed by atoms with Crippen molar-refractivity contribution in [2.75, 3.05) is 14.2 Å². The van der Waals surface area contributed by atoms with Gasteiger partial charge in [-0.25, -0.2) is 0 Å². The fourth-order valence-electron chi connectivity index (χ4n) is 2.26. The van der Waals surface area contributed by atoms with E-state index in [1.807, 2.05) is 12.1 Å². The second-order valence-corrected chi connectivity index (χ2v) is 5.21. The van der Waals surface area contributed by atoms with Crippen LogP contribution in [0.5, 0.6) is 11.5 Å². The van der Waals surface area contributed by atoms with E-state index < -0.39 is 0 Å². The Morgan fingerprint density at radius 3 is 2.50 bits per heavy atom. The highest BCUT2D eigenvalue weighted by atomic mass is 35.5. The minimum atomic E-state index is 0.0733. The van der Waals surface area contributed by atoms with Crippen molar-refractivity contribution < 1.29 is 9.47 Å². The van der Waals surface area contributed by atoms with Gasteiger partial charge in [0.1, 0.15) is 0 Å². The van der Waals surface area contributed by atoms with Crippen LogP contribution in [0, 0.1) is 0 Å². The zero-order chi connectivity index (χ0) is 15.0. The summed E-state index contributed by atoms with van der Waals surface area (Å²) in [7, 11) is 3.18. The summed E-state index contributed by atoms with van der Waals surface area (Å²) in [5.74, 6) is 6.85. The van der Waals surface area contributed by atoms with Gasteiger partial charge >= 0.3 is 0 Å². The van der Waals surface area contributed by atoms with Crippen LogP contribution >= 0.6 is 11.6 Å². The normalized spacial score (nSPS) is 12.2. The van der Waals surface area contributed by atoms with E-state index in [4.69, 9.17) is 26.9 Å². The molecule has 0 aliphatic heterocycles. The number of ether oxygens (including phenoxy) is 2. The van der Waals surface area contributed by atoms with Gasteiger partial charge < -0.3 is 9.47 Å². The quantitative estimate of drug-likeness (QED) is 0.413. The molecular formula is C15H25ClN2O2. The fraction of sp³-hybridized carbons (Fsp3) is 0.600. The van der Waals surface area contributed by atoms with Gasteiger partial charge in [0, 0.05) is 6.04 Å². The largest absolute Gasteiger partial charge is 0.493 e. The number of nitrogens with two attached hydrogens (primary N) is 1. The van der Waals surface area contributed by atoms with Gasteiger partial charge in [-0.15, -0.1) is 0 Å². The molecule has 0 heterocycles. The van der Waals surface area contributed by atoms with E-state index in [2.05, 4.69) is 12.3 Å². The van der Waals surface area contributed by atoms with Gasteiger partial charge in [0.25, 0.3) is 0 Å². The molecule has 5 heteroatoms. The first-order valence-electron chi connectivity index (χ1n) is 7.05. The molecule has 20 heavy (non-hydrogen) atoms. The van der Waals surface area contributed by atoms with Crippen LogP contribution in [0.4, 0.5) is 0 Å². The molecule has 1 aromatic carbocycles. The molecule has 0 saturated heterocycles.